The first kappa shape index (κ1) is 34.8. The molecule has 3 fully saturated rings. The molecule has 0 spiro atoms. The van der Waals surface area contributed by atoms with E-state index < -0.39 is 13.3 Å². The highest BCUT2D eigenvalue weighted by atomic mass is 35.5. The molecule has 1 N–H and O–H groups in total. The molecule has 2 saturated heterocycles. The summed E-state index contributed by atoms with van der Waals surface area (Å²) in [5.74, 6) is 1.67. The summed E-state index contributed by atoms with van der Waals surface area (Å²) in [4.78, 5) is 28.7. The van der Waals surface area contributed by atoms with Crippen LogP contribution in [0.3, 0.4) is 0 Å². The number of hydrogen-bond donors (Lipinski definition) is 1. The van der Waals surface area contributed by atoms with E-state index >= 15 is 0 Å². The summed E-state index contributed by atoms with van der Waals surface area (Å²) < 4.78 is 24.9. The fourth-order valence-electron chi connectivity index (χ4n) is 6.69. The van der Waals surface area contributed by atoms with Gasteiger partial charge in [0.25, 0.3) is 0 Å². The highest BCUT2D eigenvalue weighted by molar-refractivity contribution is 5.85. The summed E-state index contributed by atoms with van der Waals surface area (Å²) >= 11 is 0. The van der Waals surface area contributed by atoms with Gasteiger partial charge in [-0.3, -0.25) is 14.6 Å². The number of amides is 1. The van der Waals surface area contributed by atoms with Crippen molar-refractivity contribution in [1.29, 1.82) is 0 Å². The molecule has 2 aliphatic heterocycles. The second-order valence-corrected chi connectivity index (χ2v) is 11.6. The van der Waals surface area contributed by atoms with Crippen molar-refractivity contribution >= 4 is 30.7 Å². The molecular formula is C33H42Cl2FN5O4. The van der Waals surface area contributed by atoms with E-state index in [1.807, 2.05) is 12.1 Å². The van der Waals surface area contributed by atoms with Gasteiger partial charge in [-0.05, 0) is 24.0 Å². The maximum atomic E-state index is 13.2. The number of aliphatic hydroxyl groups is 1. The van der Waals surface area contributed by atoms with Crippen LogP contribution in [0.5, 0.6) is 11.8 Å². The number of ether oxygens (including phenoxy) is 2. The Balaban J connectivity index is 0.00000230. The van der Waals surface area contributed by atoms with Crippen LogP contribution in [0, 0.1) is 0 Å². The lowest BCUT2D eigenvalue weighted by Gasteiger charge is -2.53. The zero-order valence-electron chi connectivity index (χ0n) is 25.5. The van der Waals surface area contributed by atoms with Gasteiger partial charge in [0.1, 0.15) is 25.7 Å². The molecule has 0 radical (unpaired) electrons. The molecule has 0 unspecified atom stereocenters. The molecule has 1 amide bonds. The van der Waals surface area contributed by atoms with Crippen molar-refractivity contribution in [3.05, 3.63) is 83.2 Å². The SMILES string of the molecule is COc1nc(C2CC2)nc(OCCF)c1CN1C[C@@H]2CN(C(=O)CO)CCN2[C@H](C(c2ccccc2)c2ccccc2)C1.Cl.Cl. The third-order valence-electron chi connectivity index (χ3n) is 8.84. The van der Waals surface area contributed by atoms with Crippen molar-refractivity contribution in [2.45, 2.75) is 43.3 Å². The highest BCUT2D eigenvalue weighted by Crippen LogP contribution is 2.41. The molecular weight excluding hydrogens is 620 g/mol. The number of nitrogens with zero attached hydrogens (tertiary/aromatic N) is 5. The number of aliphatic hydroxyl groups excluding tert-OH is 1. The van der Waals surface area contributed by atoms with Gasteiger partial charge in [0.2, 0.25) is 17.7 Å². The van der Waals surface area contributed by atoms with Crippen LogP contribution in [-0.2, 0) is 11.3 Å². The van der Waals surface area contributed by atoms with Gasteiger partial charge < -0.3 is 19.5 Å². The Labute approximate surface area is 276 Å². The summed E-state index contributed by atoms with van der Waals surface area (Å²) in [7, 11) is 1.60. The van der Waals surface area contributed by atoms with Crippen LogP contribution in [-0.4, -0.2) is 107 Å². The van der Waals surface area contributed by atoms with Gasteiger partial charge in [-0.2, -0.15) is 9.97 Å². The van der Waals surface area contributed by atoms with Crippen LogP contribution < -0.4 is 9.47 Å². The predicted octanol–water partition coefficient (Wildman–Crippen LogP) is 4.08. The fraction of sp³-hybridized carbons (Fsp3) is 0.485. The molecule has 1 aliphatic carbocycles. The van der Waals surface area contributed by atoms with Crippen molar-refractivity contribution in [2.75, 3.05) is 59.7 Å². The number of benzene rings is 2. The third-order valence-corrected chi connectivity index (χ3v) is 8.84. The number of rotatable bonds is 11. The minimum absolute atomic E-state index is 0. The molecule has 1 aromatic heterocycles. The van der Waals surface area contributed by atoms with Gasteiger partial charge in [0.05, 0.1) is 12.7 Å². The average molecular weight is 663 g/mol. The summed E-state index contributed by atoms with van der Waals surface area (Å²) in [6, 6.07) is 21.3. The minimum atomic E-state index is -0.613. The lowest BCUT2D eigenvalue weighted by atomic mass is 9.81. The zero-order valence-corrected chi connectivity index (χ0v) is 27.1. The first-order valence-corrected chi connectivity index (χ1v) is 15.2. The normalized spacial score (nSPS) is 20.1. The molecule has 3 aliphatic rings. The molecule has 1 saturated carbocycles. The zero-order chi connectivity index (χ0) is 29.8. The van der Waals surface area contributed by atoms with Crippen LogP contribution in [0.4, 0.5) is 4.39 Å². The van der Waals surface area contributed by atoms with Crippen LogP contribution >= 0.6 is 24.8 Å². The van der Waals surface area contributed by atoms with Crippen LogP contribution in [0.1, 0.15) is 47.2 Å². The number of hydrogen-bond acceptors (Lipinski definition) is 8. The Kier molecular flexibility index (Phi) is 12.4. The summed E-state index contributed by atoms with van der Waals surface area (Å²) in [5, 5.41) is 9.61. The minimum Gasteiger partial charge on any atom is -0.481 e. The number of piperazine rings is 2. The average Bonchev–Trinajstić information content (AvgIpc) is 3.90. The lowest BCUT2D eigenvalue weighted by Crippen LogP contribution is -2.67. The molecule has 9 nitrogen and oxygen atoms in total. The predicted molar refractivity (Wildman–Crippen MR) is 174 cm³/mol. The van der Waals surface area contributed by atoms with Gasteiger partial charge >= 0.3 is 0 Å². The first-order valence-electron chi connectivity index (χ1n) is 15.2. The van der Waals surface area contributed by atoms with E-state index in [4.69, 9.17) is 19.4 Å². The van der Waals surface area contributed by atoms with Crippen molar-refractivity contribution in [2.24, 2.45) is 0 Å². The number of carbonyl (C=O) groups excluding carboxylic acids is 1. The number of halogens is 3. The second kappa shape index (κ2) is 16.0. The van der Waals surface area contributed by atoms with Crippen molar-refractivity contribution in [1.82, 2.24) is 24.7 Å². The number of aromatic nitrogens is 2. The number of methoxy groups -OCH3 is 1. The molecule has 3 aromatic rings. The molecule has 6 rings (SSSR count). The van der Waals surface area contributed by atoms with E-state index in [-0.39, 0.29) is 55.3 Å². The standard InChI is InChI=1S/C33H40FN5O4.2ClH/c1-42-32-27(33(43-17-14-34)36-31(35-32)25-12-13-25)20-37-18-26-19-38(29(41)22-40)15-16-39(26)28(21-37)30(23-8-4-2-5-9-23)24-10-6-3-7-11-24;;/h2-11,25-26,28,30,40H,12-22H2,1H3;2*1H/t26-,28+;;/m1../s1. The molecule has 2 atom stereocenters. The van der Waals surface area contributed by atoms with Gasteiger partial charge in [-0.1, -0.05) is 60.7 Å². The molecule has 45 heavy (non-hydrogen) atoms. The molecule has 3 heterocycles. The second-order valence-electron chi connectivity index (χ2n) is 11.6. The largest absolute Gasteiger partial charge is 0.481 e. The first-order chi connectivity index (χ1) is 21.1. The van der Waals surface area contributed by atoms with E-state index in [2.05, 4.69) is 58.3 Å². The Morgan fingerprint density at radius 3 is 2.18 bits per heavy atom. The maximum absolute atomic E-state index is 13.2. The van der Waals surface area contributed by atoms with E-state index in [0.717, 1.165) is 25.9 Å². The Morgan fingerprint density at radius 1 is 0.956 bits per heavy atom. The van der Waals surface area contributed by atoms with Gasteiger partial charge in [-0.25, -0.2) is 4.39 Å². The van der Waals surface area contributed by atoms with Crippen LogP contribution in [0.15, 0.2) is 60.7 Å². The maximum Gasteiger partial charge on any atom is 0.248 e. The fourth-order valence-corrected chi connectivity index (χ4v) is 6.69. The molecule has 0 bridgehead atoms. The third kappa shape index (κ3) is 7.86. The van der Waals surface area contributed by atoms with Gasteiger partial charge in [-0.15, -0.1) is 24.8 Å². The lowest BCUT2D eigenvalue weighted by molar-refractivity contribution is -0.139. The quantitative estimate of drug-likeness (QED) is 0.329. The molecule has 2 aromatic carbocycles. The number of fused-ring (bicyclic) bond motifs is 1. The molecule has 244 valence electrons. The van der Waals surface area contributed by atoms with Crippen molar-refractivity contribution in [3.63, 3.8) is 0 Å². The topological polar surface area (TPSA) is 91.3 Å². The highest BCUT2D eigenvalue weighted by Gasteiger charge is 2.43. The smallest absolute Gasteiger partial charge is 0.248 e. The van der Waals surface area contributed by atoms with Crippen molar-refractivity contribution in [3.8, 4) is 11.8 Å². The summed E-state index contributed by atoms with van der Waals surface area (Å²) in [6.45, 7) is 2.53. The Hall–Kier alpha value is -3.02. The van der Waals surface area contributed by atoms with Crippen molar-refractivity contribution < 1.29 is 23.8 Å². The number of carbonyl (C=O) groups is 1. The summed E-state index contributed by atoms with van der Waals surface area (Å²) in [6.07, 6.45) is 2.06. The van der Waals surface area contributed by atoms with Crippen LogP contribution in [0.2, 0.25) is 0 Å². The van der Waals surface area contributed by atoms with Gasteiger partial charge in [0.15, 0.2) is 0 Å². The molecule has 12 heteroatoms. The van der Waals surface area contributed by atoms with E-state index in [1.54, 1.807) is 12.0 Å². The van der Waals surface area contributed by atoms with Gasteiger partial charge in [0, 0.05) is 63.2 Å². The Bertz CT molecular complexity index is 1350. The summed E-state index contributed by atoms with van der Waals surface area (Å²) in [5.41, 5.74) is 3.17. The van der Waals surface area contributed by atoms with E-state index in [0.29, 0.717) is 55.2 Å². The monoisotopic (exact) mass is 661 g/mol. The Morgan fingerprint density at radius 2 is 1.60 bits per heavy atom. The van der Waals surface area contributed by atoms with E-state index in [9.17, 15) is 14.3 Å². The number of alkyl halides is 1. The van der Waals surface area contributed by atoms with E-state index in [1.165, 1.54) is 11.1 Å². The van der Waals surface area contributed by atoms with Crippen LogP contribution in [0.25, 0.3) is 0 Å².